The molecule has 29 heavy (non-hydrogen) atoms. The van der Waals surface area contributed by atoms with Crippen LogP contribution in [-0.2, 0) is 6.61 Å². The Bertz CT molecular complexity index is 1260. The Hall–Kier alpha value is -3.10. The first-order valence-electron chi connectivity index (χ1n) is 9.17. The number of hydrogen-bond donors (Lipinski definition) is 0. The summed E-state index contributed by atoms with van der Waals surface area (Å²) in [5.41, 5.74) is 4.67. The number of benzene rings is 3. The monoisotopic (exact) mass is 448 g/mol. The molecule has 0 unspecified atom stereocenters. The highest BCUT2D eigenvalue weighted by Crippen LogP contribution is 2.37. The number of aryl methyl sites for hydroxylation is 1. The van der Waals surface area contributed by atoms with Crippen LogP contribution >= 0.6 is 15.9 Å². The van der Waals surface area contributed by atoms with Gasteiger partial charge >= 0.3 is 0 Å². The lowest BCUT2D eigenvalue weighted by atomic mass is 10.1. The molecule has 1 heterocycles. The van der Waals surface area contributed by atoms with Gasteiger partial charge in [-0.25, -0.2) is 4.39 Å². The lowest BCUT2D eigenvalue weighted by Crippen LogP contribution is -1.99. The summed E-state index contributed by atoms with van der Waals surface area (Å²) in [4.78, 5) is 0. The molecule has 5 heteroatoms. The SMILES string of the molecule is Cc1cc(-n2c(C)c(C#N)c3cc(OCc4ccccc4)cc(Br)c32)ccc1F. The molecule has 3 aromatic carbocycles. The van der Waals surface area contributed by atoms with E-state index in [9.17, 15) is 9.65 Å². The quantitative estimate of drug-likeness (QED) is 0.352. The predicted octanol–water partition coefficient (Wildman–Crippen LogP) is 6.60. The highest BCUT2D eigenvalue weighted by molar-refractivity contribution is 9.10. The van der Waals surface area contributed by atoms with Crippen molar-refractivity contribution in [3.8, 4) is 17.5 Å². The third-order valence-electron chi connectivity index (χ3n) is 4.99. The van der Waals surface area contributed by atoms with Gasteiger partial charge in [0, 0.05) is 21.2 Å². The van der Waals surface area contributed by atoms with Gasteiger partial charge in [0.15, 0.2) is 0 Å². The van der Waals surface area contributed by atoms with Crippen molar-refractivity contribution in [1.29, 1.82) is 5.26 Å². The van der Waals surface area contributed by atoms with Crippen molar-refractivity contribution in [1.82, 2.24) is 4.57 Å². The molecule has 0 saturated heterocycles. The normalized spacial score (nSPS) is 10.9. The fraction of sp³-hybridized carbons (Fsp3) is 0.125. The summed E-state index contributed by atoms with van der Waals surface area (Å²) in [6, 6.07) is 21.0. The van der Waals surface area contributed by atoms with E-state index in [4.69, 9.17) is 4.74 Å². The Morgan fingerprint density at radius 1 is 1.07 bits per heavy atom. The number of fused-ring (bicyclic) bond motifs is 1. The molecule has 0 spiro atoms. The van der Waals surface area contributed by atoms with Gasteiger partial charge in [-0.2, -0.15) is 5.26 Å². The molecule has 0 saturated carbocycles. The summed E-state index contributed by atoms with van der Waals surface area (Å²) < 4.78 is 22.5. The molecule has 0 N–H and O–H groups in total. The maximum atomic E-state index is 13.8. The van der Waals surface area contributed by atoms with Gasteiger partial charge < -0.3 is 9.30 Å². The molecule has 0 bridgehead atoms. The highest BCUT2D eigenvalue weighted by atomic mass is 79.9. The molecular formula is C24H18BrFN2O. The standard InChI is InChI=1S/C24H18BrFN2O/c1-15-10-18(8-9-23(15)26)28-16(2)21(13-27)20-11-19(12-22(25)24(20)28)29-14-17-6-4-3-5-7-17/h3-12H,14H2,1-2H3. The van der Waals surface area contributed by atoms with E-state index in [1.807, 2.05) is 54.0 Å². The van der Waals surface area contributed by atoms with Crippen LogP contribution in [0.5, 0.6) is 5.75 Å². The van der Waals surface area contributed by atoms with Crippen molar-refractivity contribution in [3.63, 3.8) is 0 Å². The Morgan fingerprint density at radius 3 is 2.52 bits per heavy atom. The van der Waals surface area contributed by atoms with Crippen LogP contribution in [0, 0.1) is 31.0 Å². The second-order valence-electron chi connectivity index (χ2n) is 6.92. The minimum Gasteiger partial charge on any atom is -0.489 e. The van der Waals surface area contributed by atoms with Gasteiger partial charge in [0.1, 0.15) is 24.2 Å². The molecule has 3 nitrogen and oxygen atoms in total. The van der Waals surface area contributed by atoms with Gasteiger partial charge in [0.25, 0.3) is 0 Å². The van der Waals surface area contributed by atoms with Crippen LogP contribution in [-0.4, -0.2) is 4.57 Å². The molecule has 0 radical (unpaired) electrons. The van der Waals surface area contributed by atoms with Crippen molar-refractivity contribution in [2.24, 2.45) is 0 Å². The van der Waals surface area contributed by atoms with E-state index in [-0.39, 0.29) is 5.82 Å². The average Bonchev–Trinajstić information content (AvgIpc) is 3.01. The van der Waals surface area contributed by atoms with Crippen molar-refractivity contribution in [3.05, 3.63) is 93.3 Å². The zero-order valence-corrected chi connectivity index (χ0v) is 17.6. The van der Waals surface area contributed by atoms with E-state index in [0.717, 1.165) is 32.3 Å². The Kier molecular flexibility index (Phi) is 5.12. The first kappa shape index (κ1) is 19.2. The molecule has 0 aliphatic carbocycles. The second kappa shape index (κ2) is 7.73. The number of halogens is 2. The summed E-state index contributed by atoms with van der Waals surface area (Å²) in [7, 11) is 0. The summed E-state index contributed by atoms with van der Waals surface area (Å²) >= 11 is 3.65. The van der Waals surface area contributed by atoms with Gasteiger partial charge in [-0.1, -0.05) is 30.3 Å². The predicted molar refractivity (Wildman–Crippen MR) is 116 cm³/mol. The lowest BCUT2D eigenvalue weighted by molar-refractivity contribution is 0.306. The fourth-order valence-corrected chi connectivity index (χ4v) is 4.14. The fourth-order valence-electron chi connectivity index (χ4n) is 3.52. The zero-order valence-electron chi connectivity index (χ0n) is 16.0. The molecule has 0 atom stereocenters. The Balaban J connectivity index is 1.83. The highest BCUT2D eigenvalue weighted by Gasteiger charge is 2.19. The van der Waals surface area contributed by atoms with Gasteiger partial charge in [-0.05, 0) is 71.2 Å². The number of nitriles is 1. The molecule has 4 aromatic rings. The summed E-state index contributed by atoms with van der Waals surface area (Å²) in [5, 5.41) is 10.6. The third-order valence-corrected chi connectivity index (χ3v) is 5.59. The van der Waals surface area contributed by atoms with E-state index >= 15 is 0 Å². The van der Waals surface area contributed by atoms with E-state index in [1.165, 1.54) is 6.07 Å². The van der Waals surface area contributed by atoms with Crippen LogP contribution in [0.2, 0.25) is 0 Å². The van der Waals surface area contributed by atoms with Crippen molar-refractivity contribution < 1.29 is 9.13 Å². The molecular weight excluding hydrogens is 431 g/mol. The van der Waals surface area contributed by atoms with Crippen molar-refractivity contribution >= 4 is 26.8 Å². The number of aromatic nitrogens is 1. The maximum Gasteiger partial charge on any atom is 0.126 e. The number of ether oxygens (including phenoxy) is 1. The van der Waals surface area contributed by atoms with Crippen LogP contribution < -0.4 is 4.74 Å². The second-order valence-corrected chi connectivity index (χ2v) is 7.77. The third kappa shape index (κ3) is 3.52. The van der Waals surface area contributed by atoms with E-state index < -0.39 is 0 Å². The summed E-state index contributed by atoms with van der Waals surface area (Å²) in [6.45, 7) is 4.07. The molecule has 0 amide bonds. The number of nitrogens with zero attached hydrogens (tertiary/aromatic N) is 2. The van der Waals surface area contributed by atoms with Crippen LogP contribution in [0.15, 0.2) is 65.1 Å². The first-order chi connectivity index (χ1) is 14.0. The molecule has 0 fully saturated rings. The number of hydrogen-bond acceptors (Lipinski definition) is 2. The molecule has 0 aliphatic rings. The summed E-state index contributed by atoms with van der Waals surface area (Å²) in [6.07, 6.45) is 0. The topological polar surface area (TPSA) is 38.0 Å². The van der Waals surface area contributed by atoms with Crippen LogP contribution in [0.25, 0.3) is 16.6 Å². The van der Waals surface area contributed by atoms with E-state index in [2.05, 4.69) is 22.0 Å². The Morgan fingerprint density at radius 2 is 1.83 bits per heavy atom. The zero-order chi connectivity index (χ0) is 20.5. The van der Waals surface area contributed by atoms with E-state index in [0.29, 0.717) is 23.5 Å². The molecule has 1 aromatic heterocycles. The van der Waals surface area contributed by atoms with Gasteiger partial charge in [0.05, 0.1) is 11.1 Å². The van der Waals surface area contributed by atoms with Crippen molar-refractivity contribution in [2.75, 3.05) is 0 Å². The van der Waals surface area contributed by atoms with Gasteiger partial charge in [0.2, 0.25) is 0 Å². The van der Waals surface area contributed by atoms with Gasteiger partial charge in [-0.15, -0.1) is 0 Å². The van der Waals surface area contributed by atoms with Crippen molar-refractivity contribution in [2.45, 2.75) is 20.5 Å². The Labute approximate surface area is 177 Å². The minimum atomic E-state index is -0.251. The van der Waals surface area contributed by atoms with Gasteiger partial charge in [-0.3, -0.25) is 0 Å². The maximum absolute atomic E-state index is 13.8. The smallest absolute Gasteiger partial charge is 0.126 e. The molecule has 0 aliphatic heterocycles. The first-order valence-corrected chi connectivity index (χ1v) is 9.97. The molecule has 4 rings (SSSR count). The number of rotatable bonds is 4. The van der Waals surface area contributed by atoms with Crippen LogP contribution in [0.1, 0.15) is 22.4 Å². The molecule has 144 valence electrons. The average molecular weight is 449 g/mol. The van der Waals surface area contributed by atoms with E-state index in [1.54, 1.807) is 19.1 Å². The lowest BCUT2D eigenvalue weighted by Gasteiger charge is -2.12. The minimum absolute atomic E-state index is 0.251. The van der Waals surface area contributed by atoms with Crippen LogP contribution in [0.4, 0.5) is 4.39 Å². The largest absolute Gasteiger partial charge is 0.489 e. The summed E-state index contributed by atoms with van der Waals surface area (Å²) in [5.74, 6) is 0.427. The van der Waals surface area contributed by atoms with Crippen LogP contribution in [0.3, 0.4) is 0 Å².